The third-order valence-corrected chi connectivity index (χ3v) is 3.23. The normalized spacial score (nSPS) is 11.9. The molecule has 1 aromatic carbocycles. The van der Waals surface area contributed by atoms with Crippen molar-refractivity contribution >= 4 is 11.2 Å². The molecule has 0 atom stereocenters. The summed E-state index contributed by atoms with van der Waals surface area (Å²) in [6.45, 7) is 4.24. The molecule has 0 aliphatic carbocycles. The van der Waals surface area contributed by atoms with E-state index in [9.17, 15) is 0 Å². The van der Waals surface area contributed by atoms with Gasteiger partial charge in [0.05, 0.1) is 12.5 Å². The zero-order valence-electron chi connectivity index (χ0n) is 10.4. The van der Waals surface area contributed by atoms with Crippen molar-refractivity contribution in [1.29, 1.82) is 0 Å². The van der Waals surface area contributed by atoms with Crippen molar-refractivity contribution in [1.82, 2.24) is 19.9 Å². The lowest BCUT2D eigenvalue weighted by Gasteiger charge is -2.23. The third kappa shape index (κ3) is 1.66. The number of nitrogens with one attached hydrogen (secondary N) is 1. The molecule has 4 nitrogen and oxygen atoms in total. The van der Waals surface area contributed by atoms with Gasteiger partial charge in [-0.05, 0) is 19.4 Å². The molecule has 1 N–H and O–H groups in total. The van der Waals surface area contributed by atoms with Crippen molar-refractivity contribution in [2.45, 2.75) is 19.3 Å². The van der Waals surface area contributed by atoms with Crippen molar-refractivity contribution in [3.05, 3.63) is 54.2 Å². The van der Waals surface area contributed by atoms with E-state index in [1.54, 1.807) is 12.5 Å². The van der Waals surface area contributed by atoms with E-state index in [0.717, 1.165) is 11.3 Å². The molecule has 2 aromatic heterocycles. The fraction of sp³-hybridized carbons (Fsp3) is 0.214. The molecule has 3 rings (SSSR count). The summed E-state index contributed by atoms with van der Waals surface area (Å²) in [6, 6.07) is 10.3. The number of imidazole rings is 1. The molecule has 3 aromatic rings. The van der Waals surface area contributed by atoms with Gasteiger partial charge in [0.2, 0.25) is 0 Å². The fourth-order valence-electron chi connectivity index (χ4n) is 2.02. The molecule has 0 bridgehead atoms. The van der Waals surface area contributed by atoms with Crippen molar-refractivity contribution in [2.24, 2.45) is 0 Å². The minimum Gasteiger partial charge on any atom is -0.342 e. The lowest BCUT2D eigenvalue weighted by atomic mass is 9.84. The summed E-state index contributed by atoms with van der Waals surface area (Å²) < 4.78 is 0. The number of aromatic nitrogens is 4. The molecule has 2 heterocycles. The fourth-order valence-corrected chi connectivity index (χ4v) is 2.02. The van der Waals surface area contributed by atoms with E-state index in [4.69, 9.17) is 0 Å². The maximum Gasteiger partial charge on any atom is 0.180 e. The third-order valence-electron chi connectivity index (χ3n) is 3.23. The van der Waals surface area contributed by atoms with Gasteiger partial charge in [0.15, 0.2) is 5.65 Å². The predicted molar refractivity (Wildman–Crippen MR) is 70.3 cm³/mol. The summed E-state index contributed by atoms with van der Waals surface area (Å²) in [4.78, 5) is 16.2. The van der Waals surface area contributed by atoms with Crippen LogP contribution in [-0.2, 0) is 5.41 Å². The van der Waals surface area contributed by atoms with Crippen molar-refractivity contribution < 1.29 is 0 Å². The molecular formula is C14H14N4. The van der Waals surface area contributed by atoms with Crippen molar-refractivity contribution in [3.8, 4) is 0 Å². The predicted octanol–water partition coefficient (Wildman–Crippen LogP) is 2.68. The van der Waals surface area contributed by atoms with Crippen molar-refractivity contribution in [3.63, 3.8) is 0 Å². The number of nitrogens with zero attached hydrogens (tertiary/aromatic N) is 3. The smallest absolute Gasteiger partial charge is 0.180 e. The molecule has 0 saturated heterocycles. The summed E-state index contributed by atoms with van der Waals surface area (Å²) in [5.74, 6) is 0.785. The molecule has 0 aliphatic heterocycles. The first-order valence-electron chi connectivity index (χ1n) is 5.90. The Kier molecular flexibility index (Phi) is 2.37. The number of aromatic amines is 1. The average molecular weight is 238 g/mol. The minimum absolute atomic E-state index is 0.228. The summed E-state index contributed by atoms with van der Waals surface area (Å²) >= 11 is 0. The monoisotopic (exact) mass is 238 g/mol. The SMILES string of the molecule is CC(C)(c1ccccc1)c1ncc2[nH]cnc2n1. The Bertz CT molecular complexity index is 670. The number of benzene rings is 1. The van der Waals surface area contributed by atoms with Gasteiger partial charge in [-0.2, -0.15) is 0 Å². The molecule has 0 aliphatic rings. The molecule has 0 amide bonds. The van der Waals surface area contributed by atoms with Crippen LogP contribution in [0.4, 0.5) is 0 Å². The van der Waals surface area contributed by atoms with Gasteiger partial charge in [0.1, 0.15) is 11.3 Å². The second kappa shape index (κ2) is 3.91. The van der Waals surface area contributed by atoms with E-state index in [0.29, 0.717) is 5.65 Å². The molecule has 0 radical (unpaired) electrons. The zero-order valence-corrected chi connectivity index (χ0v) is 10.4. The molecular weight excluding hydrogens is 224 g/mol. The highest BCUT2D eigenvalue weighted by molar-refractivity contribution is 5.68. The van der Waals surface area contributed by atoms with Gasteiger partial charge < -0.3 is 4.98 Å². The average Bonchev–Trinajstić information content (AvgIpc) is 2.87. The molecule has 0 fully saturated rings. The van der Waals surface area contributed by atoms with Crippen LogP contribution in [0, 0.1) is 0 Å². The lowest BCUT2D eigenvalue weighted by Crippen LogP contribution is -2.22. The van der Waals surface area contributed by atoms with E-state index < -0.39 is 0 Å². The number of hydrogen-bond donors (Lipinski definition) is 1. The van der Waals surface area contributed by atoms with E-state index in [-0.39, 0.29) is 5.41 Å². The van der Waals surface area contributed by atoms with E-state index in [1.807, 2.05) is 18.2 Å². The summed E-state index contributed by atoms with van der Waals surface area (Å²) in [6.07, 6.45) is 3.42. The Morgan fingerprint density at radius 1 is 1.06 bits per heavy atom. The maximum atomic E-state index is 4.53. The van der Waals surface area contributed by atoms with Gasteiger partial charge in [0.25, 0.3) is 0 Å². The van der Waals surface area contributed by atoms with Crippen LogP contribution in [0.2, 0.25) is 0 Å². The molecule has 90 valence electrons. The summed E-state index contributed by atoms with van der Waals surface area (Å²) in [5.41, 5.74) is 2.54. The minimum atomic E-state index is -0.228. The first-order valence-corrected chi connectivity index (χ1v) is 5.90. The van der Waals surface area contributed by atoms with E-state index >= 15 is 0 Å². The van der Waals surface area contributed by atoms with Gasteiger partial charge >= 0.3 is 0 Å². The van der Waals surface area contributed by atoms with E-state index in [1.165, 1.54) is 5.56 Å². The first-order chi connectivity index (χ1) is 8.68. The lowest BCUT2D eigenvalue weighted by molar-refractivity contribution is 0.593. The number of H-pyrrole nitrogens is 1. The van der Waals surface area contributed by atoms with Crippen LogP contribution >= 0.6 is 0 Å². The highest BCUT2D eigenvalue weighted by atomic mass is 15.0. The maximum absolute atomic E-state index is 4.53. The van der Waals surface area contributed by atoms with Gasteiger partial charge in [-0.1, -0.05) is 30.3 Å². The van der Waals surface area contributed by atoms with Crippen molar-refractivity contribution in [2.75, 3.05) is 0 Å². The second-order valence-corrected chi connectivity index (χ2v) is 4.82. The highest BCUT2D eigenvalue weighted by Gasteiger charge is 2.26. The Balaban J connectivity index is 2.12. The number of hydrogen-bond acceptors (Lipinski definition) is 3. The Labute approximate surface area is 105 Å². The standard InChI is InChI=1S/C14H14N4/c1-14(2,10-6-4-3-5-7-10)13-15-8-11-12(18-13)17-9-16-11/h3-9H,1-2H3,(H,15,16,17,18). The zero-order chi connectivity index (χ0) is 12.6. The Morgan fingerprint density at radius 2 is 1.83 bits per heavy atom. The van der Waals surface area contributed by atoms with Gasteiger partial charge in [-0.25, -0.2) is 15.0 Å². The number of fused-ring (bicyclic) bond motifs is 1. The van der Waals surface area contributed by atoms with Crippen LogP contribution < -0.4 is 0 Å². The largest absolute Gasteiger partial charge is 0.342 e. The summed E-state index contributed by atoms with van der Waals surface area (Å²) in [5, 5.41) is 0. The first kappa shape index (κ1) is 10.9. The molecule has 0 unspecified atom stereocenters. The van der Waals surface area contributed by atoms with Gasteiger partial charge in [-0.3, -0.25) is 0 Å². The van der Waals surface area contributed by atoms with Crippen LogP contribution in [0.25, 0.3) is 11.2 Å². The van der Waals surface area contributed by atoms with Gasteiger partial charge in [-0.15, -0.1) is 0 Å². The molecule has 4 heteroatoms. The number of rotatable bonds is 2. The van der Waals surface area contributed by atoms with Crippen LogP contribution in [0.1, 0.15) is 25.2 Å². The highest BCUT2D eigenvalue weighted by Crippen LogP contribution is 2.28. The van der Waals surface area contributed by atoms with Crippen LogP contribution in [0.3, 0.4) is 0 Å². The van der Waals surface area contributed by atoms with Crippen LogP contribution in [0.5, 0.6) is 0 Å². The molecule has 0 spiro atoms. The van der Waals surface area contributed by atoms with Crippen LogP contribution in [-0.4, -0.2) is 19.9 Å². The van der Waals surface area contributed by atoms with Crippen LogP contribution in [0.15, 0.2) is 42.9 Å². The Morgan fingerprint density at radius 3 is 2.61 bits per heavy atom. The second-order valence-electron chi connectivity index (χ2n) is 4.82. The van der Waals surface area contributed by atoms with E-state index in [2.05, 4.69) is 45.9 Å². The Hall–Kier alpha value is -2.23. The van der Waals surface area contributed by atoms with Gasteiger partial charge in [0, 0.05) is 5.41 Å². The summed E-state index contributed by atoms with van der Waals surface area (Å²) in [7, 11) is 0. The molecule has 0 saturated carbocycles. The quantitative estimate of drug-likeness (QED) is 0.746. The topological polar surface area (TPSA) is 54.5 Å². The molecule has 18 heavy (non-hydrogen) atoms.